The number of nitrogens with zero attached hydrogens (tertiary/aromatic N) is 4. The van der Waals surface area contributed by atoms with E-state index in [1.54, 1.807) is 24.3 Å². The molecule has 3 aromatic carbocycles. The number of anilines is 1. The number of fused-ring (bicyclic) bond motifs is 1. The van der Waals surface area contributed by atoms with Gasteiger partial charge in [0.2, 0.25) is 15.9 Å². The molecule has 0 saturated carbocycles. The van der Waals surface area contributed by atoms with Crippen LogP contribution in [0.4, 0.5) is 5.69 Å². The second-order valence-corrected chi connectivity index (χ2v) is 9.70. The molecule has 1 amide bonds. The topological polar surface area (TPSA) is 140 Å². The van der Waals surface area contributed by atoms with Gasteiger partial charge in [0.25, 0.3) is 5.91 Å². The predicted molar refractivity (Wildman–Crippen MR) is 133 cm³/mol. The summed E-state index contributed by atoms with van der Waals surface area (Å²) < 4.78 is 32.7. The molecule has 0 saturated heterocycles. The molecule has 9 nitrogen and oxygen atoms in total. The van der Waals surface area contributed by atoms with Gasteiger partial charge in [-0.15, -0.1) is 0 Å². The molecule has 0 bridgehead atoms. The summed E-state index contributed by atoms with van der Waals surface area (Å²) in [6.45, 7) is -0.0232. The maximum absolute atomic E-state index is 12.9. The van der Waals surface area contributed by atoms with E-state index in [1.165, 1.54) is 24.3 Å². The quantitative estimate of drug-likeness (QED) is 0.356. The van der Waals surface area contributed by atoms with Gasteiger partial charge >= 0.3 is 0 Å². The Hall–Kier alpha value is -4.51. The first-order valence-corrected chi connectivity index (χ1v) is 12.5. The highest BCUT2D eigenvalue weighted by atomic mass is 32.2. The summed E-state index contributed by atoms with van der Waals surface area (Å²) in [6, 6.07) is 23.8. The number of amides is 1. The third-order valence-corrected chi connectivity index (χ3v) is 7.30. The first kappa shape index (κ1) is 24.6. The van der Waals surface area contributed by atoms with Crippen LogP contribution < -0.4 is 5.32 Å². The predicted octanol–water partition coefficient (Wildman–Crippen LogP) is 4.57. The summed E-state index contributed by atoms with van der Waals surface area (Å²) in [5, 5.41) is 20.4. The molecule has 0 aliphatic heterocycles. The highest BCUT2D eigenvalue weighted by Gasteiger charge is 2.24. The summed E-state index contributed by atoms with van der Waals surface area (Å²) in [4.78, 5) is 17.1. The van der Waals surface area contributed by atoms with Gasteiger partial charge in [0.05, 0.1) is 17.0 Å². The maximum atomic E-state index is 12.9. The van der Waals surface area contributed by atoms with Gasteiger partial charge in [-0.3, -0.25) is 4.79 Å². The molecule has 1 N–H and O–H groups in total. The van der Waals surface area contributed by atoms with Crippen molar-refractivity contribution >= 4 is 32.7 Å². The molecule has 0 fully saturated rings. The van der Waals surface area contributed by atoms with Gasteiger partial charge in [-0.1, -0.05) is 12.1 Å². The third-order valence-electron chi connectivity index (χ3n) is 5.38. The van der Waals surface area contributed by atoms with Crippen LogP contribution in [0.15, 0.2) is 82.1 Å². The largest absolute Gasteiger partial charge is 0.436 e. The van der Waals surface area contributed by atoms with Crippen LogP contribution in [0.25, 0.3) is 22.6 Å². The molecule has 180 valence electrons. The average Bonchev–Trinajstić information content (AvgIpc) is 3.33. The molecule has 10 heteroatoms. The molecule has 0 spiro atoms. The number of nitrogens with one attached hydrogen (secondary N) is 1. The number of carbonyl (C=O) groups excluding carboxylic acids is 1. The lowest BCUT2D eigenvalue weighted by Gasteiger charge is -2.20. The Morgan fingerprint density at radius 2 is 1.56 bits per heavy atom. The smallest absolute Gasteiger partial charge is 0.255 e. The van der Waals surface area contributed by atoms with Gasteiger partial charge in [0.1, 0.15) is 5.52 Å². The fourth-order valence-electron chi connectivity index (χ4n) is 3.52. The number of para-hydroxylation sites is 2. The van der Waals surface area contributed by atoms with E-state index in [1.807, 2.05) is 36.4 Å². The van der Waals surface area contributed by atoms with E-state index in [0.29, 0.717) is 17.2 Å². The summed E-state index contributed by atoms with van der Waals surface area (Å²) in [7, 11) is -3.90. The lowest BCUT2D eigenvalue weighted by Crippen LogP contribution is -2.32. The zero-order valence-corrected chi connectivity index (χ0v) is 19.9. The molecule has 36 heavy (non-hydrogen) atoms. The van der Waals surface area contributed by atoms with Crippen molar-refractivity contribution < 1.29 is 17.6 Å². The van der Waals surface area contributed by atoms with Crippen LogP contribution in [0.5, 0.6) is 0 Å². The van der Waals surface area contributed by atoms with Crippen LogP contribution in [-0.2, 0) is 10.0 Å². The SMILES string of the molecule is N#CCCN(CCC#N)S(=O)(=O)c1ccc(C(=O)Nc2ccc(-c3nc4ccccc4o3)cc2)cc1. The van der Waals surface area contributed by atoms with E-state index in [0.717, 1.165) is 15.4 Å². The standard InChI is InChI=1S/C26H21N5O4S/c27-15-3-17-31(18-4-16-28)36(33,34)22-13-9-19(10-14-22)25(32)29-21-11-7-20(8-12-21)26-30-23-5-1-2-6-24(23)35-26/h1-2,5-14H,3-4,17-18H2,(H,29,32). The van der Waals surface area contributed by atoms with E-state index in [4.69, 9.17) is 14.9 Å². The number of oxazole rings is 1. The molecule has 0 radical (unpaired) electrons. The van der Waals surface area contributed by atoms with Gasteiger partial charge in [0, 0.05) is 42.7 Å². The molecule has 1 heterocycles. The van der Waals surface area contributed by atoms with Crippen LogP contribution in [-0.4, -0.2) is 36.7 Å². The van der Waals surface area contributed by atoms with Crippen molar-refractivity contribution in [2.45, 2.75) is 17.7 Å². The first-order chi connectivity index (χ1) is 17.4. The van der Waals surface area contributed by atoms with E-state index < -0.39 is 15.9 Å². The zero-order valence-electron chi connectivity index (χ0n) is 19.1. The number of sulfonamides is 1. The van der Waals surface area contributed by atoms with Crippen LogP contribution in [0.3, 0.4) is 0 Å². The fraction of sp³-hybridized carbons (Fsp3) is 0.154. The zero-order chi connectivity index (χ0) is 25.5. The number of rotatable bonds is 9. The number of aromatic nitrogens is 1. The van der Waals surface area contributed by atoms with Crippen molar-refractivity contribution in [2.24, 2.45) is 0 Å². The Balaban J connectivity index is 1.45. The van der Waals surface area contributed by atoms with Crippen molar-refractivity contribution in [3.05, 3.63) is 78.4 Å². The third kappa shape index (κ3) is 5.41. The second-order valence-electron chi connectivity index (χ2n) is 7.76. The lowest BCUT2D eigenvalue weighted by molar-refractivity contribution is 0.102. The molecule has 0 aliphatic rings. The summed E-state index contributed by atoms with van der Waals surface area (Å²) in [5.74, 6) is 0.0730. The second kappa shape index (κ2) is 10.8. The fourth-order valence-corrected chi connectivity index (χ4v) is 4.97. The van der Waals surface area contributed by atoms with E-state index >= 15 is 0 Å². The molecule has 0 unspecified atom stereocenters. The van der Waals surface area contributed by atoms with E-state index in [2.05, 4.69) is 10.3 Å². The van der Waals surface area contributed by atoms with Crippen molar-refractivity contribution in [3.63, 3.8) is 0 Å². The minimum atomic E-state index is -3.90. The number of carbonyl (C=O) groups is 1. The van der Waals surface area contributed by atoms with Crippen LogP contribution >= 0.6 is 0 Å². The number of hydrogen-bond donors (Lipinski definition) is 1. The molecule has 4 rings (SSSR count). The van der Waals surface area contributed by atoms with Gasteiger partial charge in [-0.25, -0.2) is 13.4 Å². The van der Waals surface area contributed by atoms with Crippen LogP contribution in [0, 0.1) is 22.7 Å². The average molecular weight is 500 g/mol. The first-order valence-electron chi connectivity index (χ1n) is 11.0. The minimum Gasteiger partial charge on any atom is -0.436 e. The van der Waals surface area contributed by atoms with Crippen LogP contribution in [0.2, 0.25) is 0 Å². The normalized spacial score (nSPS) is 11.2. The maximum Gasteiger partial charge on any atom is 0.255 e. The number of benzene rings is 3. The van der Waals surface area contributed by atoms with Crippen molar-refractivity contribution in [2.75, 3.05) is 18.4 Å². The molecular formula is C26H21N5O4S. The van der Waals surface area contributed by atoms with Crippen LogP contribution in [0.1, 0.15) is 23.2 Å². The lowest BCUT2D eigenvalue weighted by atomic mass is 10.2. The Morgan fingerprint density at radius 1 is 0.917 bits per heavy atom. The van der Waals surface area contributed by atoms with Crippen molar-refractivity contribution in [3.8, 4) is 23.6 Å². The van der Waals surface area contributed by atoms with Gasteiger partial charge in [0.15, 0.2) is 5.58 Å². The van der Waals surface area contributed by atoms with Gasteiger partial charge in [-0.05, 0) is 60.7 Å². The molecule has 4 aromatic rings. The summed E-state index contributed by atoms with van der Waals surface area (Å²) in [6.07, 6.45) is 0.0205. The highest BCUT2D eigenvalue weighted by Crippen LogP contribution is 2.25. The van der Waals surface area contributed by atoms with E-state index in [-0.39, 0.29) is 36.4 Å². The van der Waals surface area contributed by atoms with Crippen molar-refractivity contribution in [1.82, 2.24) is 9.29 Å². The monoisotopic (exact) mass is 499 g/mol. The molecule has 1 aromatic heterocycles. The minimum absolute atomic E-state index is 0.0103. The molecular weight excluding hydrogens is 478 g/mol. The Kier molecular flexibility index (Phi) is 7.40. The Morgan fingerprint density at radius 3 is 2.17 bits per heavy atom. The summed E-state index contributed by atoms with van der Waals surface area (Å²) in [5.41, 5.74) is 3.03. The molecule has 0 atom stereocenters. The number of hydrogen-bond acceptors (Lipinski definition) is 7. The molecule has 0 aliphatic carbocycles. The highest BCUT2D eigenvalue weighted by molar-refractivity contribution is 7.89. The van der Waals surface area contributed by atoms with E-state index in [9.17, 15) is 13.2 Å². The van der Waals surface area contributed by atoms with Gasteiger partial charge in [-0.2, -0.15) is 14.8 Å². The van der Waals surface area contributed by atoms with Gasteiger partial charge < -0.3 is 9.73 Å². The Bertz CT molecular complexity index is 1510. The Labute approximate surface area is 208 Å². The van der Waals surface area contributed by atoms with Crippen molar-refractivity contribution in [1.29, 1.82) is 10.5 Å². The summed E-state index contributed by atoms with van der Waals surface area (Å²) >= 11 is 0. The number of nitriles is 2.